The number of carbonyl (C=O) groups excluding carboxylic acids is 1. The second-order valence-corrected chi connectivity index (χ2v) is 3.43. The molecule has 0 aliphatic rings. The van der Waals surface area contributed by atoms with Gasteiger partial charge in [0.25, 0.3) is 0 Å². The minimum Gasteiger partial charge on any atom is -0.462 e. The van der Waals surface area contributed by atoms with E-state index in [0.717, 1.165) is 5.56 Å². The van der Waals surface area contributed by atoms with Gasteiger partial charge in [0.2, 0.25) is 0 Å². The first-order valence-corrected chi connectivity index (χ1v) is 5.27. The van der Waals surface area contributed by atoms with Crippen molar-refractivity contribution in [2.75, 3.05) is 6.61 Å². The van der Waals surface area contributed by atoms with Crippen LogP contribution in [0.2, 0.25) is 0 Å². The molecule has 0 saturated heterocycles. The molecule has 88 valence electrons. The number of hydrogen-bond acceptors (Lipinski definition) is 5. The van der Waals surface area contributed by atoms with Gasteiger partial charge in [-0.05, 0) is 26.0 Å². The van der Waals surface area contributed by atoms with E-state index >= 15 is 0 Å². The summed E-state index contributed by atoms with van der Waals surface area (Å²) < 4.78 is 10.1. The third-order valence-corrected chi connectivity index (χ3v) is 2.28. The van der Waals surface area contributed by atoms with E-state index in [9.17, 15) is 4.79 Å². The smallest absolute Gasteiger partial charge is 0.344 e. The number of esters is 1. The Morgan fingerprint density at radius 1 is 1.41 bits per heavy atom. The summed E-state index contributed by atoms with van der Waals surface area (Å²) in [5.74, 6) is 0.00131. The Morgan fingerprint density at radius 2 is 2.12 bits per heavy atom. The summed E-state index contributed by atoms with van der Waals surface area (Å²) in [6.07, 6.45) is 3.25. The standard InChI is InChI=1S/C12H12N2O3/c1-3-16-12(15)10-8(2)14-17-11(10)9-4-6-13-7-5-9/h4-7H,3H2,1-2H3. The molecule has 2 aromatic rings. The second kappa shape index (κ2) is 4.78. The minimum absolute atomic E-state index is 0.319. The average Bonchev–Trinajstić information content (AvgIpc) is 2.73. The van der Waals surface area contributed by atoms with Crippen LogP contribution in [0.3, 0.4) is 0 Å². The maximum absolute atomic E-state index is 11.8. The average molecular weight is 232 g/mol. The second-order valence-electron chi connectivity index (χ2n) is 3.43. The molecule has 2 rings (SSSR count). The van der Waals surface area contributed by atoms with Crippen LogP contribution in [0.15, 0.2) is 29.0 Å². The lowest BCUT2D eigenvalue weighted by atomic mass is 10.1. The van der Waals surface area contributed by atoms with Crippen molar-refractivity contribution in [1.82, 2.24) is 10.1 Å². The highest BCUT2D eigenvalue weighted by Crippen LogP contribution is 2.26. The summed E-state index contributed by atoms with van der Waals surface area (Å²) in [4.78, 5) is 15.7. The van der Waals surface area contributed by atoms with E-state index in [1.807, 2.05) is 0 Å². The fourth-order valence-corrected chi connectivity index (χ4v) is 1.51. The fraction of sp³-hybridized carbons (Fsp3) is 0.250. The Morgan fingerprint density at radius 3 is 2.76 bits per heavy atom. The van der Waals surface area contributed by atoms with E-state index < -0.39 is 5.97 Å². The Kier molecular flexibility index (Phi) is 3.18. The number of carbonyl (C=O) groups is 1. The number of nitrogens with zero attached hydrogens (tertiary/aromatic N) is 2. The van der Waals surface area contributed by atoms with Crippen LogP contribution in [0, 0.1) is 6.92 Å². The van der Waals surface area contributed by atoms with Gasteiger partial charge in [-0.2, -0.15) is 0 Å². The van der Waals surface area contributed by atoms with Crippen molar-refractivity contribution >= 4 is 5.97 Å². The van der Waals surface area contributed by atoms with Crippen molar-refractivity contribution in [2.24, 2.45) is 0 Å². The van der Waals surface area contributed by atoms with E-state index in [2.05, 4.69) is 10.1 Å². The van der Waals surface area contributed by atoms with Crippen molar-refractivity contribution < 1.29 is 14.1 Å². The molecular weight excluding hydrogens is 220 g/mol. The molecule has 0 saturated carbocycles. The third kappa shape index (κ3) is 2.18. The molecule has 0 radical (unpaired) electrons. The first kappa shape index (κ1) is 11.3. The topological polar surface area (TPSA) is 65.2 Å². The van der Waals surface area contributed by atoms with Gasteiger partial charge in [0, 0.05) is 18.0 Å². The number of pyridine rings is 1. The molecule has 2 aromatic heterocycles. The Labute approximate surface area is 98.4 Å². The number of aryl methyl sites for hydroxylation is 1. The Bertz CT molecular complexity index is 520. The van der Waals surface area contributed by atoms with Gasteiger partial charge in [-0.3, -0.25) is 4.98 Å². The quantitative estimate of drug-likeness (QED) is 0.759. The lowest BCUT2D eigenvalue weighted by Crippen LogP contribution is -2.06. The molecule has 17 heavy (non-hydrogen) atoms. The van der Waals surface area contributed by atoms with E-state index in [0.29, 0.717) is 23.6 Å². The van der Waals surface area contributed by atoms with Crippen LogP contribution in [-0.4, -0.2) is 22.7 Å². The van der Waals surface area contributed by atoms with Gasteiger partial charge in [-0.15, -0.1) is 0 Å². The van der Waals surface area contributed by atoms with Crippen LogP contribution in [0.25, 0.3) is 11.3 Å². The van der Waals surface area contributed by atoms with E-state index in [4.69, 9.17) is 9.26 Å². The molecular formula is C12H12N2O3. The molecule has 0 fully saturated rings. The van der Waals surface area contributed by atoms with E-state index in [1.54, 1.807) is 38.4 Å². The van der Waals surface area contributed by atoms with Crippen molar-refractivity contribution in [3.05, 3.63) is 35.8 Å². The van der Waals surface area contributed by atoms with Gasteiger partial charge >= 0.3 is 5.97 Å². The van der Waals surface area contributed by atoms with Gasteiger partial charge in [0.1, 0.15) is 5.56 Å². The first-order valence-electron chi connectivity index (χ1n) is 5.27. The zero-order chi connectivity index (χ0) is 12.3. The van der Waals surface area contributed by atoms with Gasteiger partial charge < -0.3 is 9.26 Å². The highest BCUT2D eigenvalue weighted by molar-refractivity contribution is 5.96. The van der Waals surface area contributed by atoms with Crippen molar-refractivity contribution in [1.29, 1.82) is 0 Å². The molecule has 0 spiro atoms. The summed E-state index contributed by atoms with van der Waals surface area (Å²) in [6, 6.07) is 3.51. The van der Waals surface area contributed by atoms with Crippen LogP contribution in [0.1, 0.15) is 23.0 Å². The Hall–Kier alpha value is -2.17. The minimum atomic E-state index is -0.418. The van der Waals surface area contributed by atoms with Crippen molar-refractivity contribution in [3.8, 4) is 11.3 Å². The Balaban J connectivity index is 2.46. The number of rotatable bonds is 3. The molecule has 0 aromatic carbocycles. The largest absolute Gasteiger partial charge is 0.462 e. The molecule has 5 heteroatoms. The van der Waals surface area contributed by atoms with Crippen LogP contribution < -0.4 is 0 Å². The lowest BCUT2D eigenvalue weighted by molar-refractivity contribution is 0.0526. The molecule has 0 amide bonds. The van der Waals surface area contributed by atoms with Gasteiger partial charge in [0.05, 0.1) is 12.3 Å². The van der Waals surface area contributed by atoms with Gasteiger partial charge in [-0.1, -0.05) is 5.16 Å². The van der Waals surface area contributed by atoms with Crippen molar-refractivity contribution in [3.63, 3.8) is 0 Å². The van der Waals surface area contributed by atoms with Crippen LogP contribution in [-0.2, 0) is 4.74 Å². The van der Waals surface area contributed by atoms with Crippen LogP contribution in [0.5, 0.6) is 0 Å². The summed E-state index contributed by atoms with van der Waals surface area (Å²) in [7, 11) is 0. The summed E-state index contributed by atoms with van der Waals surface area (Å²) in [5, 5.41) is 3.80. The highest BCUT2D eigenvalue weighted by Gasteiger charge is 2.22. The molecule has 0 aliphatic carbocycles. The monoisotopic (exact) mass is 232 g/mol. The predicted molar refractivity (Wildman–Crippen MR) is 60.4 cm³/mol. The van der Waals surface area contributed by atoms with Gasteiger partial charge in [-0.25, -0.2) is 4.79 Å². The summed E-state index contributed by atoms with van der Waals surface area (Å²) >= 11 is 0. The number of aromatic nitrogens is 2. The molecule has 0 unspecified atom stereocenters. The molecule has 0 N–H and O–H groups in total. The third-order valence-electron chi connectivity index (χ3n) is 2.28. The normalized spacial score (nSPS) is 10.2. The summed E-state index contributed by atoms with van der Waals surface area (Å²) in [5.41, 5.74) is 1.65. The zero-order valence-electron chi connectivity index (χ0n) is 9.64. The summed E-state index contributed by atoms with van der Waals surface area (Å²) in [6.45, 7) is 3.78. The lowest BCUT2D eigenvalue weighted by Gasteiger charge is -2.02. The maximum atomic E-state index is 11.8. The molecule has 0 atom stereocenters. The zero-order valence-corrected chi connectivity index (χ0v) is 9.64. The van der Waals surface area contributed by atoms with E-state index in [1.165, 1.54) is 0 Å². The first-order chi connectivity index (χ1) is 8.24. The number of hydrogen-bond donors (Lipinski definition) is 0. The van der Waals surface area contributed by atoms with Crippen LogP contribution >= 0.6 is 0 Å². The SMILES string of the molecule is CCOC(=O)c1c(C)noc1-c1ccncc1. The van der Waals surface area contributed by atoms with Crippen molar-refractivity contribution in [2.45, 2.75) is 13.8 Å². The van der Waals surface area contributed by atoms with Crippen LogP contribution in [0.4, 0.5) is 0 Å². The molecule has 5 nitrogen and oxygen atoms in total. The molecule has 0 bridgehead atoms. The number of ether oxygens (including phenoxy) is 1. The van der Waals surface area contributed by atoms with E-state index in [-0.39, 0.29) is 0 Å². The van der Waals surface area contributed by atoms with Gasteiger partial charge in [0.15, 0.2) is 5.76 Å². The molecule has 0 aliphatic heterocycles. The maximum Gasteiger partial charge on any atom is 0.344 e. The fourth-order valence-electron chi connectivity index (χ4n) is 1.51. The molecule has 2 heterocycles. The predicted octanol–water partition coefficient (Wildman–Crippen LogP) is 2.22. The highest BCUT2D eigenvalue weighted by atomic mass is 16.5.